The van der Waals surface area contributed by atoms with E-state index in [4.69, 9.17) is 0 Å². The average Bonchev–Trinajstić information content (AvgIpc) is 3.60. The van der Waals surface area contributed by atoms with Gasteiger partial charge >= 0.3 is 62.2 Å². The van der Waals surface area contributed by atoms with E-state index in [2.05, 4.69) is 175 Å². The third-order valence-corrected chi connectivity index (χ3v) is 9.57. The van der Waals surface area contributed by atoms with Gasteiger partial charge in [0.1, 0.15) is 0 Å². The summed E-state index contributed by atoms with van der Waals surface area (Å²) < 4.78 is 4.68. The Morgan fingerprint density at radius 3 is 1.10 bits per heavy atom. The molecule has 0 radical (unpaired) electrons. The molecule has 9 rings (SSSR count). The van der Waals surface area contributed by atoms with E-state index in [0.29, 0.717) is 0 Å². The number of benzene rings is 7. The zero-order valence-electron chi connectivity index (χ0n) is 29.0. The van der Waals surface area contributed by atoms with Crippen LogP contribution in [0.1, 0.15) is 22.3 Å². The van der Waals surface area contributed by atoms with Crippen LogP contribution in [0.3, 0.4) is 0 Å². The Labute approximate surface area is 346 Å². The van der Waals surface area contributed by atoms with Gasteiger partial charge in [-0.25, -0.2) is 5.69 Å². The molecular weight excluding hydrogens is 1070 g/mol. The van der Waals surface area contributed by atoms with Crippen molar-refractivity contribution in [1.82, 2.24) is 9.13 Å². The maximum absolute atomic E-state index is 3.62. The maximum atomic E-state index is 3.62. The van der Waals surface area contributed by atoms with Crippen LogP contribution in [0, 0.1) is 114 Å². The standard InChI is InChI=1S/C46H33N3.2U/c1-30-10-22-43-39(26-30)40-27-31(2)11-23-44(40)48(43)37-18-14-35(15-19-37)47(34-8-6-5-7-9-34)36-16-20-38(21-17-36)49-45-24-12-32(3)28-41(45)42-29-33(4)13-25-46(42)49;;/h5-7,10-14,16,18-29H,1-4H3;;/q-4;2*+2. The van der Waals surface area contributed by atoms with Gasteiger partial charge in [0, 0.05) is 43.6 Å². The predicted molar refractivity (Wildman–Crippen MR) is 204 cm³/mol. The minimum atomic E-state index is 0. The van der Waals surface area contributed by atoms with Gasteiger partial charge in [-0.1, -0.05) is 69.3 Å². The van der Waals surface area contributed by atoms with Crippen molar-refractivity contribution in [3.63, 3.8) is 0 Å². The van der Waals surface area contributed by atoms with Crippen LogP contribution < -0.4 is 4.90 Å². The van der Waals surface area contributed by atoms with Crippen LogP contribution in [0.5, 0.6) is 0 Å². The third kappa shape index (κ3) is 6.20. The molecule has 0 aliphatic rings. The van der Waals surface area contributed by atoms with Crippen LogP contribution in [-0.4, -0.2) is 9.13 Å². The Hall–Kier alpha value is -3.96. The number of rotatable bonds is 5. The first-order chi connectivity index (χ1) is 23.9. The molecule has 2 aromatic heterocycles. The fraction of sp³-hybridized carbons (Fsp3) is 0.0870. The molecule has 0 unspecified atom stereocenters. The van der Waals surface area contributed by atoms with Crippen molar-refractivity contribution in [3.05, 3.63) is 174 Å². The average molecular weight is 1100 g/mol. The molecule has 0 aliphatic heterocycles. The van der Waals surface area contributed by atoms with Crippen LogP contribution in [0.2, 0.25) is 0 Å². The molecule has 240 valence electrons. The first-order valence-corrected chi connectivity index (χ1v) is 16.7. The van der Waals surface area contributed by atoms with E-state index in [1.165, 1.54) is 65.9 Å². The first-order valence-electron chi connectivity index (χ1n) is 16.7. The summed E-state index contributed by atoms with van der Waals surface area (Å²) in [7, 11) is 0. The molecule has 0 fully saturated rings. The van der Waals surface area contributed by atoms with Crippen molar-refractivity contribution in [3.8, 4) is 11.4 Å². The summed E-state index contributed by atoms with van der Waals surface area (Å²) in [4.78, 5) is 2.12. The molecule has 2 heterocycles. The molecule has 0 amide bonds. The Morgan fingerprint density at radius 1 is 0.431 bits per heavy atom. The molecule has 0 N–H and O–H groups in total. The molecule has 3 nitrogen and oxygen atoms in total. The molecule has 5 heteroatoms. The van der Waals surface area contributed by atoms with Crippen LogP contribution in [0.15, 0.2) is 127 Å². The molecular formula is C46H33N3U2. The SMILES string of the molecule is Cc1ccc2c(c1)c1cc(C)ccc1n2-c1c[c-]c(N(c2[c-]ccc[c-]2)c2[c-]cc(-n3c4ccc(C)cc4c4cc(C)ccc43)cc2)cc1.[U+2].[U+2]. The number of nitrogens with zero attached hydrogens (tertiary/aromatic N) is 3. The summed E-state index contributed by atoms with van der Waals surface area (Å²) in [6, 6.07) is 59.4. The monoisotopic (exact) mass is 1100 g/mol. The maximum Gasteiger partial charge on any atom is 2.00 e. The van der Waals surface area contributed by atoms with Gasteiger partial charge in [0.15, 0.2) is 0 Å². The summed E-state index contributed by atoms with van der Waals surface area (Å²) >= 11 is 0. The second-order valence-electron chi connectivity index (χ2n) is 13.1. The molecule has 51 heavy (non-hydrogen) atoms. The topological polar surface area (TPSA) is 13.1 Å². The van der Waals surface area contributed by atoms with Gasteiger partial charge in [-0.05, 0) is 76.2 Å². The Morgan fingerprint density at radius 2 is 0.784 bits per heavy atom. The van der Waals surface area contributed by atoms with E-state index < -0.39 is 0 Å². The van der Waals surface area contributed by atoms with Gasteiger partial charge in [0.25, 0.3) is 0 Å². The van der Waals surface area contributed by atoms with E-state index in [1.807, 2.05) is 18.2 Å². The second-order valence-corrected chi connectivity index (χ2v) is 13.1. The smallest absolute Gasteiger partial charge is 0.405 e. The molecule has 0 saturated heterocycles. The number of hydrogen-bond acceptors (Lipinski definition) is 1. The van der Waals surface area contributed by atoms with Gasteiger partial charge in [0.2, 0.25) is 0 Å². The molecule has 0 saturated carbocycles. The van der Waals surface area contributed by atoms with E-state index >= 15 is 0 Å². The molecule has 0 bridgehead atoms. The number of hydrogen-bond donors (Lipinski definition) is 0. The Balaban J connectivity index is 0.00000203. The number of aryl methyl sites for hydroxylation is 4. The normalized spacial score (nSPS) is 11.2. The van der Waals surface area contributed by atoms with Crippen molar-refractivity contribution < 1.29 is 62.2 Å². The fourth-order valence-corrected chi connectivity index (χ4v) is 7.28. The molecule has 9 aromatic rings. The second kappa shape index (κ2) is 14.2. The predicted octanol–water partition coefficient (Wildman–Crippen LogP) is 11.8. The van der Waals surface area contributed by atoms with E-state index in [-0.39, 0.29) is 62.2 Å². The third-order valence-electron chi connectivity index (χ3n) is 9.57. The van der Waals surface area contributed by atoms with Crippen molar-refractivity contribution in [2.75, 3.05) is 4.90 Å². The summed E-state index contributed by atoms with van der Waals surface area (Å²) in [5.74, 6) is 0. The van der Waals surface area contributed by atoms with E-state index in [9.17, 15) is 0 Å². The van der Waals surface area contributed by atoms with Crippen molar-refractivity contribution in [2.24, 2.45) is 0 Å². The Bertz CT molecular complexity index is 2400. The quantitative estimate of drug-likeness (QED) is 0.157. The fourth-order valence-electron chi connectivity index (χ4n) is 7.28. The summed E-state index contributed by atoms with van der Waals surface area (Å²) in [5.41, 5.74) is 14.5. The van der Waals surface area contributed by atoms with Gasteiger partial charge in [-0.2, -0.15) is 24.3 Å². The first kappa shape index (κ1) is 35.4. The summed E-state index contributed by atoms with van der Waals surface area (Å²) in [6.45, 7) is 8.62. The summed E-state index contributed by atoms with van der Waals surface area (Å²) in [6.07, 6.45) is 0. The van der Waals surface area contributed by atoms with Crippen molar-refractivity contribution in [1.29, 1.82) is 0 Å². The summed E-state index contributed by atoms with van der Waals surface area (Å²) in [5, 5.41) is 5.06. The van der Waals surface area contributed by atoms with Gasteiger partial charge in [-0.3, -0.25) is 18.2 Å². The van der Waals surface area contributed by atoms with Crippen molar-refractivity contribution in [2.45, 2.75) is 27.7 Å². The van der Waals surface area contributed by atoms with Gasteiger partial charge in [0.05, 0.1) is 0 Å². The molecule has 0 atom stereocenters. The van der Waals surface area contributed by atoms with Crippen LogP contribution >= 0.6 is 0 Å². The largest absolute Gasteiger partial charge is 2.00 e. The molecule has 0 spiro atoms. The minimum Gasteiger partial charge on any atom is -0.405 e. The number of fused-ring (bicyclic) bond motifs is 6. The van der Waals surface area contributed by atoms with Crippen LogP contribution in [0.25, 0.3) is 55.0 Å². The van der Waals surface area contributed by atoms with E-state index in [0.717, 1.165) is 28.4 Å². The minimum absolute atomic E-state index is 0. The van der Waals surface area contributed by atoms with Gasteiger partial charge < -0.3 is 26.2 Å². The molecule has 7 aromatic carbocycles. The zero-order chi connectivity index (χ0) is 33.2. The number of anilines is 3. The number of para-hydroxylation sites is 1. The van der Waals surface area contributed by atoms with Crippen LogP contribution in [0.4, 0.5) is 17.1 Å². The van der Waals surface area contributed by atoms with Crippen molar-refractivity contribution >= 4 is 60.7 Å². The zero-order valence-corrected chi connectivity index (χ0v) is 37.3. The number of aromatic nitrogens is 2. The van der Waals surface area contributed by atoms with Gasteiger partial charge in [-0.15, -0.1) is 24.3 Å². The Kier molecular flexibility index (Phi) is 9.89. The van der Waals surface area contributed by atoms with E-state index in [1.54, 1.807) is 0 Å². The van der Waals surface area contributed by atoms with Crippen LogP contribution in [-0.2, 0) is 0 Å². The molecule has 0 aliphatic carbocycles.